The third-order valence-electron chi connectivity index (χ3n) is 4.10. The molecule has 0 aliphatic carbocycles. The lowest BCUT2D eigenvalue weighted by Gasteiger charge is -2.11. The van der Waals surface area contributed by atoms with Gasteiger partial charge in [-0.25, -0.2) is 0 Å². The Balaban J connectivity index is 2.69. The molecule has 0 radical (unpaired) electrons. The van der Waals surface area contributed by atoms with Gasteiger partial charge in [0.05, 0.1) is 12.7 Å². The molecule has 0 saturated carbocycles. The standard InChI is InChI=1S/C22H32O2/c1-4-6-8-9-10-11-12-13-16-19(15-7-5-2)22-20(23)17-14-18-21(22)24-3/h5,7,14-18,23H,2,4,6,8-13H2,1,3H3. The molecule has 1 N–H and O–H groups in total. The van der Waals surface area contributed by atoms with Crippen molar-refractivity contribution in [2.45, 2.75) is 58.3 Å². The number of benzene rings is 1. The minimum Gasteiger partial charge on any atom is -0.507 e. The molecule has 2 heteroatoms. The number of phenols is 1. The summed E-state index contributed by atoms with van der Waals surface area (Å²) >= 11 is 0. The molecule has 0 atom stereocenters. The maximum absolute atomic E-state index is 10.2. The van der Waals surface area contributed by atoms with Crippen molar-refractivity contribution in [3.8, 4) is 11.5 Å². The van der Waals surface area contributed by atoms with E-state index in [0.29, 0.717) is 5.75 Å². The van der Waals surface area contributed by atoms with E-state index in [1.165, 1.54) is 44.9 Å². The number of phenolic OH excluding ortho intramolecular Hbond substituents is 1. The molecule has 0 aliphatic heterocycles. The molecule has 1 aromatic carbocycles. The minimum absolute atomic E-state index is 0.244. The molecule has 0 aliphatic rings. The highest BCUT2D eigenvalue weighted by Gasteiger charge is 2.11. The summed E-state index contributed by atoms with van der Waals surface area (Å²) in [7, 11) is 1.63. The second-order valence-electron chi connectivity index (χ2n) is 6.02. The van der Waals surface area contributed by atoms with Crippen LogP contribution in [-0.4, -0.2) is 12.2 Å². The molecule has 0 heterocycles. The Kier molecular flexibility index (Phi) is 10.4. The van der Waals surface area contributed by atoms with Crippen LogP contribution in [0.15, 0.2) is 49.1 Å². The first kappa shape index (κ1) is 20.1. The summed E-state index contributed by atoms with van der Waals surface area (Å²) in [5.74, 6) is 0.934. The Bertz CT molecular complexity index is 541. The number of unbranched alkanes of at least 4 members (excludes halogenated alkanes) is 7. The predicted molar refractivity (Wildman–Crippen MR) is 105 cm³/mol. The Morgan fingerprint density at radius 2 is 1.83 bits per heavy atom. The first-order valence-corrected chi connectivity index (χ1v) is 9.10. The van der Waals surface area contributed by atoms with E-state index in [-0.39, 0.29) is 5.75 Å². The normalized spacial score (nSPS) is 11.8. The number of methoxy groups -OCH3 is 1. The van der Waals surface area contributed by atoms with Crippen molar-refractivity contribution in [2.75, 3.05) is 7.11 Å². The van der Waals surface area contributed by atoms with Gasteiger partial charge in [0.25, 0.3) is 0 Å². The maximum atomic E-state index is 10.2. The second kappa shape index (κ2) is 12.5. The molecule has 0 unspecified atom stereocenters. The van der Waals surface area contributed by atoms with Gasteiger partial charge < -0.3 is 9.84 Å². The van der Waals surface area contributed by atoms with Gasteiger partial charge in [0, 0.05) is 0 Å². The Morgan fingerprint density at radius 3 is 2.50 bits per heavy atom. The minimum atomic E-state index is 0.244. The largest absolute Gasteiger partial charge is 0.507 e. The van der Waals surface area contributed by atoms with E-state index in [4.69, 9.17) is 4.74 Å². The van der Waals surface area contributed by atoms with Crippen LogP contribution in [0.5, 0.6) is 11.5 Å². The van der Waals surface area contributed by atoms with Gasteiger partial charge in [0.15, 0.2) is 0 Å². The molecule has 0 fully saturated rings. The summed E-state index contributed by atoms with van der Waals surface area (Å²) in [6.45, 7) is 5.98. The lowest BCUT2D eigenvalue weighted by atomic mass is 10.00. The van der Waals surface area contributed by atoms with E-state index in [9.17, 15) is 5.11 Å². The molecule has 0 spiro atoms. The molecular formula is C22H32O2. The number of aromatic hydroxyl groups is 1. The predicted octanol–water partition coefficient (Wildman–Crippen LogP) is 6.67. The smallest absolute Gasteiger partial charge is 0.130 e. The van der Waals surface area contributed by atoms with Crippen LogP contribution in [0.4, 0.5) is 0 Å². The van der Waals surface area contributed by atoms with Crippen LogP contribution in [0.2, 0.25) is 0 Å². The Labute approximate surface area is 147 Å². The molecule has 1 rings (SSSR count). The molecule has 1 aromatic rings. The first-order chi connectivity index (χ1) is 11.7. The van der Waals surface area contributed by atoms with E-state index in [1.54, 1.807) is 25.3 Å². The highest BCUT2D eigenvalue weighted by molar-refractivity contribution is 5.81. The fourth-order valence-electron chi connectivity index (χ4n) is 2.76. The fraction of sp³-hybridized carbons (Fsp3) is 0.455. The van der Waals surface area contributed by atoms with E-state index in [2.05, 4.69) is 19.6 Å². The molecule has 0 amide bonds. The number of ether oxygens (including phenoxy) is 1. The topological polar surface area (TPSA) is 29.5 Å². The van der Waals surface area contributed by atoms with E-state index < -0.39 is 0 Å². The van der Waals surface area contributed by atoms with Crippen LogP contribution in [0, 0.1) is 0 Å². The highest BCUT2D eigenvalue weighted by atomic mass is 16.5. The zero-order valence-electron chi connectivity index (χ0n) is 15.3. The van der Waals surface area contributed by atoms with Crippen LogP contribution < -0.4 is 4.74 Å². The summed E-state index contributed by atoms with van der Waals surface area (Å²) in [6, 6.07) is 5.36. The molecule has 0 bridgehead atoms. The van der Waals surface area contributed by atoms with Crippen LogP contribution in [0.3, 0.4) is 0 Å². The highest BCUT2D eigenvalue weighted by Crippen LogP contribution is 2.35. The molecule has 2 nitrogen and oxygen atoms in total. The third kappa shape index (κ3) is 7.08. The summed E-state index contributed by atoms with van der Waals surface area (Å²) in [5.41, 5.74) is 1.73. The van der Waals surface area contributed by atoms with E-state index in [0.717, 1.165) is 17.6 Å². The summed E-state index contributed by atoms with van der Waals surface area (Å²) < 4.78 is 5.41. The van der Waals surface area contributed by atoms with Crippen molar-refractivity contribution in [2.24, 2.45) is 0 Å². The number of hydrogen-bond donors (Lipinski definition) is 1. The van der Waals surface area contributed by atoms with Gasteiger partial charge in [-0.15, -0.1) is 0 Å². The van der Waals surface area contributed by atoms with Gasteiger partial charge in [-0.05, 0) is 30.5 Å². The number of allylic oxidation sites excluding steroid dienone is 5. The molecule has 0 saturated heterocycles. The Hall–Kier alpha value is -1.96. The van der Waals surface area contributed by atoms with Gasteiger partial charge in [-0.3, -0.25) is 0 Å². The molecular weight excluding hydrogens is 296 g/mol. The summed E-state index contributed by atoms with van der Waals surface area (Å²) in [5, 5.41) is 10.2. The Morgan fingerprint density at radius 1 is 1.12 bits per heavy atom. The van der Waals surface area contributed by atoms with Gasteiger partial charge >= 0.3 is 0 Å². The lowest BCUT2D eigenvalue weighted by molar-refractivity contribution is 0.406. The molecule has 24 heavy (non-hydrogen) atoms. The fourth-order valence-corrected chi connectivity index (χ4v) is 2.76. The average Bonchev–Trinajstić information content (AvgIpc) is 2.60. The van der Waals surface area contributed by atoms with Gasteiger partial charge in [0.2, 0.25) is 0 Å². The lowest BCUT2D eigenvalue weighted by Crippen LogP contribution is -1.91. The van der Waals surface area contributed by atoms with Crippen molar-refractivity contribution in [1.29, 1.82) is 0 Å². The van der Waals surface area contributed by atoms with Gasteiger partial charge in [-0.1, -0.05) is 82.4 Å². The van der Waals surface area contributed by atoms with Gasteiger partial charge in [0.1, 0.15) is 11.5 Å². The van der Waals surface area contributed by atoms with E-state index >= 15 is 0 Å². The van der Waals surface area contributed by atoms with Crippen molar-refractivity contribution < 1.29 is 9.84 Å². The van der Waals surface area contributed by atoms with Crippen LogP contribution >= 0.6 is 0 Å². The SMILES string of the molecule is C=CC=CC(=CCCCCCCCCC)c1c(O)cccc1OC. The molecule has 0 aromatic heterocycles. The van der Waals surface area contributed by atoms with Crippen molar-refractivity contribution in [1.82, 2.24) is 0 Å². The van der Waals surface area contributed by atoms with Crippen molar-refractivity contribution in [3.05, 3.63) is 54.6 Å². The monoisotopic (exact) mass is 328 g/mol. The number of rotatable bonds is 12. The van der Waals surface area contributed by atoms with Crippen LogP contribution in [-0.2, 0) is 0 Å². The maximum Gasteiger partial charge on any atom is 0.130 e. The second-order valence-corrected chi connectivity index (χ2v) is 6.02. The van der Waals surface area contributed by atoms with Crippen molar-refractivity contribution in [3.63, 3.8) is 0 Å². The third-order valence-corrected chi connectivity index (χ3v) is 4.10. The van der Waals surface area contributed by atoms with Crippen LogP contribution in [0.1, 0.15) is 63.9 Å². The van der Waals surface area contributed by atoms with Crippen LogP contribution in [0.25, 0.3) is 5.57 Å². The first-order valence-electron chi connectivity index (χ1n) is 9.10. The van der Waals surface area contributed by atoms with Crippen molar-refractivity contribution >= 4 is 5.57 Å². The zero-order valence-corrected chi connectivity index (χ0v) is 15.3. The quantitative estimate of drug-likeness (QED) is 0.343. The number of hydrogen-bond acceptors (Lipinski definition) is 2. The zero-order chi connectivity index (χ0) is 17.6. The molecule has 132 valence electrons. The summed E-state index contributed by atoms with van der Waals surface area (Å²) in [4.78, 5) is 0. The van der Waals surface area contributed by atoms with Gasteiger partial charge in [-0.2, -0.15) is 0 Å². The van der Waals surface area contributed by atoms with E-state index in [1.807, 2.05) is 18.2 Å². The summed E-state index contributed by atoms with van der Waals surface area (Å²) in [6.07, 6.45) is 17.9. The average molecular weight is 328 g/mol.